The van der Waals surface area contributed by atoms with Crippen LogP contribution in [0.4, 0.5) is 0 Å². The molecule has 6 heteroatoms. The molecule has 96 valence electrons. The first-order valence-corrected chi connectivity index (χ1v) is 5.84. The Morgan fingerprint density at radius 1 is 1.53 bits per heavy atom. The van der Waals surface area contributed by atoms with Gasteiger partial charge in [0.1, 0.15) is 0 Å². The van der Waals surface area contributed by atoms with Crippen molar-refractivity contribution in [3.63, 3.8) is 0 Å². The standard InChI is InChI=1S/C11H19N3O3/c1-4-8(3)14(7-11(15)16)6-9-12-10(5-2)17-13-9/h8H,4-7H2,1-3H3,(H,15,16). The Hall–Kier alpha value is -1.43. The highest BCUT2D eigenvalue weighted by atomic mass is 16.5. The highest BCUT2D eigenvalue weighted by Crippen LogP contribution is 2.08. The fourth-order valence-electron chi connectivity index (χ4n) is 1.48. The molecule has 0 bridgehead atoms. The lowest BCUT2D eigenvalue weighted by Crippen LogP contribution is -2.36. The van der Waals surface area contributed by atoms with Crippen LogP contribution >= 0.6 is 0 Å². The molecular formula is C11H19N3O3. The van der Waals surface area contributed by atoms with Gasteiger partial charge in [-0.15, -0.1) is 0 Å². The molecule has 6 nitrogen and oxygen atoms in total. The zero-order valence-electron chi connectivity index (χ0n) is 10.5. The van der Waals surface area contributed by atoms with Crippen LogP contribution < -0.4 is 0 Å². The number of rotatable bonds is 7. The Morgan fingerprint density at radius 2 is 2.24 bits per heavy atom. The van der Waals surface area contributed by atoms with Gasteiger partial charge in [0.15, 0.2) is 5.82 Å². The molecule has 1 unspecified atom stereocenters. The zero-order chi connectivity index (χ0) is 12.8. The van der Waals surface area contributed by atoms with Crippen LogP contribution in [0, 0.1) is 0 Å². The summed E-state index contributed by atoms with van der Waals surface area (Å²) in [5.74, 6) is 0.285. The van der Waals surface area contributed by atoms with E-state index in [1.165, 1.54) is 0 Å². The second-order valence-electron chi connectivity index (χ2n) is 4.01. The van der Waals surface area contributed by atoms with Crippen molar-refractivity contribution in [2.24, 2.45) is 0 Å². The Balaban J connectivity index is 2.67. The molecule has 0 aliphatic heterocycles. The molecule has 0 saturated heterocycles. The molecule has 0 aromatic carbocycles. The van der Waals surface area contributed by atoms with Crippen LogP contribution in [0.25, 0.3) is 0 Å². The molecule has 1 aromatic rings. The molecule has 1 N–H and O–H groups in total. The Bertz CT molecular complexity index is 365. The first-order valence-electron chi connectivity index (χ1n) is 5.84. The number of carbonyl (C=O) groups is 1. The lowest BCUT2D eigenvalue weighted by atomic mass is 10.2. The molecule has 0 amide bonds. The van der Waals surface area contributed by atoms with Gasteiger partial charge in [0.05, 0.1) is 13.1 Å². The summed E-state index contributed by atoms with van der Waals surface area (Å²) in [5.41, 5.74) is 0. The van der Waals surface area contributed by atoms with E-state index >= 15 is 0 Å². The van der Waals surface area contributed by atoms with Crippen LogP contribution in [0.5, 0.6) is 0 Å². The third-order valence-corrected chi connectivity index (χ3v) is 2.71. The van der Waals surface area contributed by atoms with Gasteiger partial charge in [0, 0.05) is 12.5 Å². The predicted molar refractivity (Wildman–Crippen MR) is 61.5 cm³/mol. The van der Waals surface area contributed by atoms with Crippen LogP contribution in [0.2, 0.25) is 0 Å². The van der Waals surface area contributed by atoms with Crippen molar-refractivity contribution in [3.8, 4) is 0 Å². The van der Waals surface area contributed by atoms with Gasteiger partial charge < -0.3 is 9.63 Å². The molecule has 0 fully saturated rings. The topological polar surface area (TPSA) is 79.5 Å². The Kier molecular flexibility index (Phi) is 5.09. The monoisotopic (exact) mass is 241 g/mol. The molecule has 1 aromatic heterocycles. The normalized spacial score (nSPS) is 12.9. The number of aryl methyl sites for hydroxylation is 1. The van der Waals surface area contributed by atoms with Gasteiger partial charge in [-0.2, -0.15) is 4.98 Å². The van der Waals surface area contributed by atoms with E-state index in [4.69, 9.17) is 9.63 Å². The van der Waals surface area contributed by atoms with Gasteiger partial charge in [-0.1, -0.05) is 19.0 Å². The Labute approximate surface area is 101 Å². The van der Waals surface area contributed by atoms with Crippen LogP contribution in [-0.4, -0.2) is 38.7 Å². The number of carboxylic acids is 1. The molecule has 1 heterocycles. The number of aromatic nitrogens is 2. The summed E-state index contributed by atoms with van der Waals surface area (Å²) in [6.07, 6.45) is 1.57. The lowest BCUT2D eigenvalue weighted by molar-refractivity contribution is -0.139. The minimum Gasteiger partial charge on any atom is -0.480 e. The summed E-state index contributed by atoms with van der Waals surface area (Å²) in [6, 6.07) is 0.176. The smallest absolute Gasteiger partial charge is 0.317 e. The van der Waals surface area contributed by atoms with Gasteiger partial charge in [0.2, 0.25) is 5.89 Å². The Morgan fingerprint density at radius 3 is 2.71 bits per heavy atom. The quantitative estimate of drug-likeness (QED) is 0.775. The first kappa shape index (κ1) is 13.6. The molecule has 1 rings (SSSR count). The van der Waals surface area contributed by atoms with Crippen LogP contribution in [0.3, 0.4) is 0 Å². The summed E-state index contributed by atoms with van der Waals surface area (Å²) >= 11 is 0. The summed E-state index contributed by atoms with van der Waals surface area (Å²) in [4.78, 5) is 16.8. The van der Waals surface area contributed by atoms with E-state index in [-0.39, 0.29) is 12.6 Å². The SMILES string of the molecule is CCc1nc(CN(CC(=O)O)C(C)CC)no1. The van der Waals surface area contributed by atoms with Gasteiger partial charge in [-0.05, 0) is 13.3 Å². The molecule has 0 radical (unpaired) electrons. The fraction of sp³-hybridized carbons (Fsp3) is 0.727. The van der Waals surface area contributed by atoms with E-state index in [1.807, 2.05) is 25.7 Å². The van der Waals surface area contributed by atoms with Crippen LogP contribution in [0.15, 0.2) is 4.52 Å². The summed E-state index contributed by atoms with van der Waals surface area (Å²) in [6.45, 7) is 6.34. The second-order valence-corrected chi connectivity index (χ2v) is 4.01. The molecular weight excluding hydrogens is 222 g/mol. The van der Waals surface area contributed by atoms with Crippen LogP contribution in [0.1, 0.15) is 38.9 Å². The van der Waals surface area contributed by atoms with Gasteiger partial charge >= 0.3 is 5.97 Å². The average Bonchev–Trinajstić information content (AvgIpc) is 2.74. The van der Waals surface area contributed by atoms with Crippen molar-refractivity contribution >= 4 is 5.97 Å². The molecule has 0 aliphatic carbocycles. The molecule has 1 atom stereocenters. The summed E-state index contributed by atoms with van der Waals surface area (Å²) in [5, 5.41) is 12.7. The van der Waals surface area contributed by atoms with E-state index in [2.05, 4.69) is 10.1 Å². The molecule has 0 saturated carbocycles. The highest BCUT2D eigenvalue weighted by Gasteiger charge is 2.18. The summed E-state index contributed by atoms with van der Waals surface area (Å²) in [7, 11) is 0. The van der Waals surface area contributed by atoms with Crippen molar-refractivity contribution in [1.82, 2.24) is 15.0 Å². The van der Waals surface area contributed by atoms with Crippen molar-refractivity contribution in [1.29, 1.82) is 0 Å². The third kappa shape index (κ3) is 4.14. The molecule has 0 aliphatic rings. The van der Waals surface area contributed by atoms with Crippen LogP contribution in [-0.2, 0) is 17.8 Å². The second kappa shape index (κ2) is 6.34. The van der Waals surface area contributed by atoms with E-state index < -0.39 is 5.97 Å². The number of carboxylic acid groups (broad SMARTS) is 1. The lowest BCUT2D eigenvalue weighted by Gasteiger charge is -2.24. The maximum atomic E-state index is 10.8. The van der Waals surface area contributed by atoms with E-state index in [1.54, 1.807) is 0 Å². The maximum absolute atomic E-state index is 10.8. The van der Waals surface area contributed by atoms with Crippen molar-refractivity contribution in [2.45, 2.75) is 46.2 Å². The van der Waals surface area contributed by atoms with Crippen molar-refractivity contribution in [2.75, 3.05) is 6.54 Å². The number of aliphatic carboxylic acids is 1. The van der Waals surface area contributed by atoms with Gasteiger partial charge in [-0.25, -0.2) is 0 Å². The maximum Gasteiger partial charge on any atom is 0.317 e. The number of hydrogen-bond donors (Lipinski definition) is 1. The largest absolute Gasteiger partial charge is 0.480 e. The van der Waals surface area contributed by atoms with E-state index in [0.29, 0.717) is 24.7 Å². The highest BCUT2D eigenvalue weighted by molar-refractivity contribution is 5.69. The fourth-order valence-corrected chi connectivity index (χ4v) is 1.48. The third-order valence-electron chi connectivity index (χ3n) is 2.71. The van der Waals surface area contributed by atoms with Gasteiger partial charge in [0.25, 0.3) is 0 Å². The van der Waals surface area contributed by atoms with E-state index in [0.717, 1.165) is 6.42 Å². The van der Waals surface area contributed by atoms with E-state index in [9.17, 15) is 4.79 Å². The zero-order valence-corrected chi connectivity index (χ0v) is 10.5. The average molecular weight is 241 g/mol. The van der Waals surface area contributed by atoms with Gasteiger partial charge in [-0.3, -0.25) is 9.69 Å². The summed E-state index contributed by atoms with van der Waals surface area (Å²) < 4.78 is 5.00. The molecule has 17 heavy (non-hydrogen) atoms. The minimum atomic E-state index is -0.843. The number of hydrogen-bond acceptors (Lipinski definition) is 5. The van der Waals surface area contributed by atoms with Crippen molar-refractivity contribution in [3.05, 3.63) is 11.7 Å². The predicted octanol–water partition coefficient (Wildman–Crippen LogP) is 1.32. The first-order chi connectivity index (χ1) is 8.06. The minimum absolute atomic E-state index is 0.00892. The van der Waals surface area contributed by atoms with Crippen molar-refractivity contribution < 1.29 is 14.4 Å². The number of nitrogens with zero attached hydrogens (tertiary/aromatic N) is 3. The molecule has 0 spiro atoms.